The molecule has 2 aromatic heterocycles. The molecule has 2 heterocycles. The van der Waals surface area contributed by atoms with Crippen molar-refractivity contribution in [1.82, 2.24) is 15.3 Å². The van der Waals surface area contributed by atoms with Crippen molar-refractivity contribution in [3.63, 3.8) is 0 Å². The smallest absolute Gasteiger partial charge is 0.142 e. The van der Waals surface area contributed by atoms with Crippen LogP contribution < -0.4 is 5.32 Å². The standard InChI is InChI=1S/C18H25N3OS/c22-11-9-18(7-3-1-4-8-18)14-19-12-15-13-23-17(21-15)16-6-2-5-10-20-16/h2,5-6,10,13,19,22H,1,3-4,7-9,11-12,14H2. The third kappa shape index (κ3) is 4.37. The molecule has 0 atom stereocenters. The van der Waals surface area contributed by atoms with E-state index in [1.807, 2.05) is 18.2 Å². The first-order valence-corrected chi connectivity index (χ1v) is 9.37. The third-order valence-electron chi connectivity index (χ3n) is 4.80. The van der Waals surface area contributed by atoms with Gasteiger partial charge in [0.2, 0.25) is 0 Å². The van der Waals surface area contributed by atoms with Gasteiger partial charge in [-0.05, 0) is 36.8 Å². The Kier molecular flexibility index (Phi) is 5.75. The maximum absolute atomic E-state index is 9.38. The van der Waals surface area contributed by atoms with Gasteiger partial charge in [0, 0.05) is 31.3 Å². The predicted molar refractivity (Wildman–Crippen MR) is 94.3 cm³/mol. The summed E-state index contributed by atoms with van der Waals surface area (Å²) in [6, 6.07) is 5.90. The first-order chi connectivity index (χ1) is 11.3. The second-order valence-electron chi connectivity index (χ2n) is 6.50. The maximum Gasteiger partial charge on any atom is 0.142 e. The minimum Gasteiger partial charge on any atom is -0.396 e. The summed E-state index contributed by atoms with van der Waals surface area (Å²) in [7, 11) is 0. The maximum atomic E-state index is 9.38. The number of nitrogens with one attached hydrogen (secondary N) is 1. The highest BCUT2D eigenvalue weighted by atomic mass is 32.1. The number of nitrogens with zero attached hydrogens (tertiary/aromatic N) is 2. The van der Waals surface area contributed by atoms with Crippen molar-refractivity contribution in [3.05, 3.63) is 35.5 Å². The molecule has 4 nitrogen and oxygen atoms in total. The zero-order valence-electron chi connectivity index (χ0n) is 13.5. The molecule has 0 radical (unpaired) electrons. The van der Waals surface area contributed by atoms with Gasteiger partial charge in [0.05, 0.1) is 11.4 Å². The van der Waals surface area contributed by atoms with Crippen molar-refractivity contribution in [1.29, 1.82) is 0 Å². The number of rotatable bonds is 7. The fraction of sp³-hybridized carbons (Fsp3) is 0.556. The number of thiazole rings is 1. The lowest BCUT2D eigenvalue weighted by Gasteiger charge is -2.37. The fourth-order valence-electron chi connectivity index (χ4n) is 3.50. The Morgan fingerprint density at radius 1 is 1.22 bits per heavy atom. The molecule has 1 saturated carbocycles. The summed E-state index contributed by atoms with van der Waals surface area (Å²) >= 11 is 1.64. The van der Waals surface area contributed by atoms with Crippen LogP contribution in [0.4, 0.5) is 0 Å². The number of aliphatic hydroxyl groups excluding tert-OH is 1. The van der Waals surface area contributed by atoms with E-state index in [2.05, 4.69) is 20.7 Å². The minimum absolute atomic E-state index is 0.285. The number of hydrogen-bond acceptors (Lipinski definition) is 5. The highest BCUT2D eigenvalue weighted by Crippen LogP contribution is 2.38. The van der Waals surface area contributed by atoms with Crippen LogP contribution in [-0.4, -0.2) is 28.2 Å². The van der Waals surface area contributed by atoms with Gasteiger partial charge in [-0.15, -0.1) is 11.3 Å². The van der Waals surface area contributed by atoms with Crippen LogP contribution in [0.15, 0.2) is 29.8 Å². The SMILES string of the molecule is OCCC1(CNCc2csc(-c3ccccn3)n2)CCCCC1. The number of aromatic nitrogens is 2. The Hall–Kier alpha value is -1.30. The predicted octanol–water partition coefficient (Wildman–Crippen LogP) is 3.63. The Morgan fingerprint density at radius 3 is 2.83 bits per heavy atom. The third-order valence-corrected chi connectivity index (χ3v) is 5.71. The molecule has 0 bridgehead atoms. The van der Waals surface area contributed by atoms with E-state index in [0.29, 0.717) is 6.61 Å². The average Bonchev–Trinajstić information content (AvgIpc) is 3.06. The van der Waals surface area contributed by atoms with Crippen LogP contribution >= 0.6 is 11.3 Å². The van der Waals surface area contributed by atoms with Gasteiger partial charge >= 0.3 is 0 Å². The molecule has 0 aromatic carbocycles. The molecule has 0 aliphatic heterocycles. The van der Waals surface area contributed by atoms with Gasteiger partial charge in [0.15, 0.2) is 0 Å². The van der Waals surface area contributed by atoms with E-state index in [0.717, 1.165) is 35.9 Å². The van der Waals surface area contributed by atoms with Crippen molar-refractivity contribution in [3.8, 4) is 10.7 Å². The summed E-state index contributed by atoms with van der Waals surface area (Å²) in [5.74, 6) is 0. The second-order valence-corrected chi connectivity index (χ2v) is 7.35. The highest BCUT2D eigenvalue weighted by molar-refractivity contribution is 7.13. The lowest BCUT2D eigenvalue weighted by Crippen LogP contribution is -2.36. The quantitative estimate of drug-likeness (QED) is 0.813. The van der Waals surface area contributed by atoms with Gasteiger partial charge in [0.1, 0.15) is 5.01 Å². The highest BCUT2D eigenvalue weighted by Gasteiger charge is 2.30. The van der Waals surface area contributed by atoms with Crippen LogP contribution in [0.1, 0.15) is 44.2 Å². The largest absolute Gasteiger partial charge is 0.396 e. The fourth-order valence-corrected chi connectivity index (χ4v) is 4.30. The van der Waals surface area contributed by atoms with Crippen LogP contribution in [0.3, 0.4) is 0 Å². The van der Waals surface area contributed by atoms with E-state index >= 15 is 0 Å². The van der Waals surface area contributed by atoms with Crippen molar-refractivity contribution in [2.75, 3.05) is 13.2 Å². The first kappa shape index (κ1) is 16.6. The summed E-state index contributed by atoms with van der Waals surface area (Å²) in [6.07, 6.45) is 9.11. The van der Waals surface area contributed by atoms with E-state index in [1.54, 1.807) is 17.5 Å². The Bertz CT molecular complexity index is 588. The molecule has 1 aliphatic carbocycles. The Morgan fingerprint density at radius 2 is 2.09 bits per heavy atom. The van der Waals surface area contributed by atoms with Gasteiger partial charge in [0.25, 0.3) is 0 Å². The van der Waals surface area contributed by atoms with Crippen molar-refractivity contribution in [2.24, 2.45) is 5.41 Å². The van der Waals surface area contributed by atoms with Gasteiger partial charge in [-0.25, -0.2) is 4.98 Å². The molecular formula is C18H25N3OS. The second kappa shape index (κ2) is 7.99. The summed E-state index contributed by atoms with van der Waals surface area (Å²) < 4.78 is 0. The Balaban J connectivity index is 1.55. The topological polar surface area (TPSA) is 58.0 Å². The molecule has 1 aliphatic rings. The molecule has 0 amide bonds. The lowest BCUT2D eigenvalue weighted by molar-refractivity contribution is 0.126. The number of hydrogen-bond donors (Lipinski definition) is 2. The molecular weight excluding hydrogens is 306 g/mol. The monoisotopic (exact) mass is 331 g/mol. The van der Waals surface area contributed by atoms with E-state index in [4.69, 9.17) is 0 Å². The first-order valence-electron chi connectivity index (χ1n) is 8.49. The summed E-state index contributed by atoms with van der Waals surface area (Å²) in [4.78, 5) is 9.03. The van der Waals surface area contributed by atoms with E-state index in [1.165, 1.54) is 32.1 Å². The number of aliphatic hydroxyl groups is 1. The molecule has 23 heavy (non-hydrogen) atoms. The van der Waals surface area contributed by atoms with E-state index in [-0.39, 0.29) is 5.41 Å². The van der Waals surface area contributed by atoms with E-state index in [9.17, 15) is 5.11 Å². The lowest BCUT2D eigenvalue weighted by atomic mass is 9.72. The molecule has 1 fully saturated rings. The number of pyridine rings is 1. The Labute approximate surface area is 142 Å². The van der Waals surface area contributed by atoms with E-state index < -0.39 is 0 Å². The van der Waals surface area contributed by atoms with Crippen LogP contribution in [-0.2, 0) is 6.54 Å². The van der Waals surface area contributed by atoms with Crippen molar-refractivity contribution >= 4 is 11.3 Å². The zero-order valence-corrected chi connectivity index (χ0v) is 14.3. The molecule has 5 heteroatoms. The van der Waals surface area contributed by atoms with Crippen LogP contribution in [0, 0.1) is 5.41 Å². The molecule has 3 rings (SSSR count). The van der Waals surface area contributed by atoms with Gasteiger partial charge in [-0.1, -0.05) is 25.3 Å². The normalized spacial score (nSPS) is 17.3. The zero-order chi connectivity index (χ0) is 16.0. The minimum atomic E-state index is 0.285. The average molecular weight is 331 g/mol. The van der Waals surface area contributed by atoms with Crippen molar-refractivity contribution < 1.29 is 5.11 Å². The van der Waals surface area contributed by atoms with Crippen LogP contribution in [0.5, 0.6) is 0 Å². The van der Waals surface area contributed by atoms with Crippen LogP contribution in [0.25, 0.3) is 10.7 Å². The van der Waals surface area contributed by atoms with Gasteiger partial charge < -0.3 is 10.4 Å². The molecule has 0 spiro atoms. The van der Waals surface area contributed by atoms with Crippen LogP contribution in [0.2, 0.25) is 0 Å². The summed E-state index contributed by atoms with van der Waals surface area (Å²) in [6.45, 7) is 2.06. The van der Waals surface area contributed by atoms with Crippen molar-refractivity contribution in [2.45, 2.75) is 45.1 Å². The molecule has 2 aromatic rings. The molecule has 0 unspecified atom stereocenters. The molecule has 2 N–H and O–H groups in total. The molecule has 0 saturated heterocycles. The van der Waals surface area contributed by atoms with Gasteiger partial charge in [-0.3, -0.25) is 4.98 Å². The summed E-state index contributed by atoms with van der Waals surface area (Å²) in [5, 5.41) is 16.0. The molecule has 124 valence electrons. The summed E-state index contributed by atoms with van der Waals surface area (Å²) in [5.41, 5.74) is 2.30. The van der Waals surface area contributed by atoms with Gasteiger partial charge in [-0.2, -0.15) is 0 Å².